The Labute approximate surface area is 87.6 Å². The number of aliphatic hydroxyl groups is 1. The van der Waals surface area contributed by atoms with E-state index in [4.69, 9.17) is 21.3 Å². The average molecular weight is 210 g/mol. The van der Waals surface area contributed by atoms with Crippen LogP contribution in [0, 0.1) is 0 Å². The van der Waals surface area contributed by atoms with Gasteiger partial charge in [0, 0.05) is 6.04 Å². The van der Waals surface area contributed by atoms with Crippen molar-refractivity contribution in [3.63, 3.8) is 0 Å². The van der Waals surface area contributed by atoms with Gasteiger partial charge in [-0.2, -0.15) is 0 Å². The van der Waals surface area contributed by atoms with Crippen molar-refractivity contribution in [2.75, 3.05) is 6.61 Å². The number of aliphatic hydroxyl groups excluding tert-OH is 1. The number of benzene rings is 1. The first-order chi connectivity index (χ1) is 7.11. The highest BCUT2D eigenvalue weighted by atomic mass is 16.5. The van der Waals surface area contributed by atoms with Crippen LogP contribution in [0.3, 0.4) is 0 Å². The van der Waals surface area contributed by atoms with Gasteiger partial charge in [-0.05, 0) is 24.1 Å². The molecular weight excluding hydrogens is 196 g/mol. The summed E-state index contributed by atoms with van der Waals surface area (Å²) in [6.07, 6.45) is -0.328. The van der Waals surface area contributed by atoms with Crippen LogP contribution in [0.1, 0.15) is 5.56 Å². The number of hydrogen-bond acceptors (Lipinski definition) is 4. The van der Waals surface area contributed by atoms with Crippen LogP contribution in [-0.4, -0.2) is 23.8 Å². The van der Waals surface area contributed by atoms with Gasteiger partial charge in [0.05, 0.1) is 6.61 Å². The Morgan fingerprint density at radius 2 is 2.27 bits per heavy atom. The second kappa shape index (κ2) is 5.33. The van der Waals surface area contributed by atoms with Crippen molar-refractivity contribution in [3.05, 3.63) is 29.8 Å². The fraction of sp³-hybridized carbons (Fsp3) is 0.300. The smallest absolute Gasteiger partial charge is 0.409 e. The van der Waals surface area contributed by atoms with Crippen molar-refractivity contribution in [1.82, 2.24) is 0 Å². The molecule has 5 nitrogen and oxygen atoms in total. The molecular formula is C10H14N2O3. The van der Waals surface area contributed by atoms with Gasteiger partial charge in [0.15, 0.2) is 0 Å². The lowest BCUT2D eigenvalue weighted by Gasteiger charge is -2.08. The van der Waals surface area contributed by atoms with E-state index in [0.717, 1.165) is 5.56 Å². The van der Waals surface area contributed by atoms with Crippen LogP contribution in [0.4, 0.5) is 4.79 Å². The third kappa shape index (κ3) is 3.97. The normalized spacial score (nSPS) is 12.1. The first kappa shape index (κ1) is 11.5. The highest BCUT2D eigenvalue weighted by molar-refractivity contribution is 5.68. The predicted octanol–water partition coefficient (Wildman–Crippen LogP) is 0.00620. The van der Waals surface area contributed by atoms with E-state index >= 15 is 0 Å². The zero-order chi connectivity index (χ0) is 11.3. The molecule has 5 N–H and O–H groups in total. The molecule has 1 atom stereocenters. The van der Waals surface area contributed by atoms with E-state index in [1.165, 1.54) is 0 Å². The molecule has 15 heavy (non-hydrogen) atoms. The first-order valence-corrected chi connectivity index (χ1v) is 4.54. The predicted molar refractivity (Wildman–Crippen MR) is 55.4 cm³/mol. The third-order valence-electron chi connectivity index (χ3n) is 1.85. The van der Waals surface area contributed by atoms with E-state index < -0.39 is 6.09 Å². The molecule has 0 bridgehead atoms. The fourth-order valence-corrected chi connectivity index (χ4v) is 1.22. The van der Waals surface area contributed by atoms with Gasteiger partial charge in [-0.3, -0.25) is 0 Å². The molecule has 0 saturated carbocycles. The second-order valence-electron chi connectivity index (χ2n) is 3.22. The molecule has 0 fully saturated rings. The summed E-state index contributed by atoms with van der Waals surface area (Å²) in [5.41, 5.74) is 11.3. The van der Waals surface area contributed by atoms with E-state index in [1.54, 1.807) is 18.2 Å². The number of carbonyl (C=O) groups excluding carboxylic acids is 1. The Bertz CT molecular complexity index is 341. The van der Waals surface area contributed by atoms with Crippen LogP contribution < -0.4 is 16.2 Å². The maximum absolute atomic E-state index is 10.5. The largest absolute Gasteiger partial charge is 0.410 e. The van der Waals surface area contributed by atoms with Gasteiger partial charge >= 0.3 is 6.09 Å². The van der Waals surface area contributed by atoms with Gasteiger partial charge in [-0.25, -0.2) is 4.79 Å². The lowest BCUT2D eigenvalue weighted by molar-refractivity contribution is 0.211. The highest BCUT2D eigenvalue weighted by Gasteiger charge is 2.04. The lowest BCUT2D eigenvalue weighted by Crippen LogP contribution is -2.26. The Morgan fingerprint density at radius 3 is 2.87 bits per heavy atom. The molecule has 0 saturated heterocycles. The molecule has 1 rings (SSSR count). The van der Waals surface area contributed by atoms with Crippen LogP contribution in [0.15, 0.2) is 24.3 Å². The number of ether oxygens (including phenoxy) is 1. The lowest BCUT2D eigenvalue weighted by atomic mass is 10.1. The van der Waals surface area contributed by atoms with E-state index in [0.29, 0.717) is 12.2 Å². The van der Waals surface area contributed by atoms with Crippen LogP contribution >= 0.6 is 0 Å². The number of hydrogen-bond donors (Lipinski definition) is 3. The number of nitrogens with two attached hydrogens (primary N) is 2. The summed E-state index contributed by atoms with van der Waals surface area (Å²) in [6, 6.07) is 6.55. The minimum atomic E-state index is -0.849. The van der Waals surface area contributed by atoms with Gasteiger partial charge < -0.3 is 21.3 Å². The van der Waals surface area contributed by atoms with Crippen molar-refractivity contribution in [2.45, 2.75) is 12.5 Å². The number of primary amides is 1. The molecule has 0 aliphatic heterocycles. The summed E-state index contributed by atoms with van der Waals surface area (Å²) in [5, 5.41) is 8.78. The molecule has 1 unspecified atom stereocenters. The standard InChI is InChI=1S/C10H14N2O3/c11-8(6-13)4-7-2-1-3-9(5-7)15-10(12)14/h1-3,5,8,13H,4,6,11H2,(H2,12,14). The van der Waals surface area contributed by atoms with E-state index in [-0.39, 0.29) is 12.6 Å². The van der Waals surface area contributed by atoms with Gasteiger partial charge in [-0.1, -0.05) is 12.1 Å². The van der Waals surface area contributed by atoms with E-state index in [9.17, 15) is 4.79 Å². The maximum Gasteiger partial charge on any atom is 0.409 e. The summed E-state index contributed by atoms with van der Waals surface area (Å²) in [4.78, 5) is 10.5. The zero-order valence-electron chi connectivity index (χ0n) is 8.22. The minimum absolute atomic E-state index is 0.0824. The molecule has 0 aliphatic rings. The van der Waals surface area contributed by atoms with Crippen LogP contribution in [0.25, 0.3) is 0 Å². The van der Waals surface area contributed by atoms with Gasteiger partial charge in [0.2, 0.25) is 0 Å². The number of amides is 1. The SMILES string of the molecule is NC(=O)Oc1cccc(CC(N)CO)c1. The van der Waals surface area contributed by atoms with Crippen LogP contribution in [0.2, 0.25) is 0 Å². The topological polar surface area (TPSA) is 98.6 Å². The molecule has 1 aromatic rings. The number of rotatable bonds is 4. The van der Waals surface area contributed by atoms with Crippen molar-refractivity contribution in [1.29, 1.82) is 0 Å². The average Bonchev–Trinajstić information content (AvgIpc) is 2.17. The molecule has 0 aromatic heterocycles. The molecule has 0 spiro atoms. The van der Waals surface area contributed by atoms with Crippen LogP contribution in [-0.2, 0) is 6.42 Å². The molecule has 1 amide bonds. The minimum Gasteiger partial charge on any atom is -0.410 e. The van der Waals surface area contributed by atoms with Crippen molar-refractivity contribution >= 4 is 6.09 Å². The monoisotopic (exact) mass is 210 g/mol. The van der Waals surface area contributed by atoms with Gasteiger partial charge in [0.25, 0.3) is 0 Å². The molecule has 5 heteroatoms. The van der Waals surface area contributed by atoms with Crippen molar-refractivity contribution in [3.8, 4) is 5.75 Å². The van der Waals surface area contributed by atoms with Gasteiger partial charge in [-0.15, -0.1) is 0 Å². The molecule has 0 aliphatic carbocycles. The Balaban J connectivity index is 2.69. The maximum atomic E-state index is 10.5. The fourth-order valence-electron chi connectivity index (χ4n) is 1.22. The molecule has 1 aromatic carbocycles. The molecule has 0 radical (unpaired) electrons. The summed E-state index contributed by atoms with van der Waals surface area (Å²) < 4.78 is 4.71. The Kier molecular flexibility index (Phi) is 4.08. The zero-order valence-corrected chi connectivity index (χ0v) is 8.22. The van der Waals surface area contributed by atoms with Crippen molar-refractivity contribution in [2.24, 2.45) is 11.5 Å². The Morgan fingerprint density at radius 1 is 1.53 bits per heavy atom. The van der Waals surface area contributed by atoms with Crippen LogP contribution in [0.5, 0.6) is 5.75 Å². The van der Waals surface area contributed by atoms with E-state index in [1.807, 2.05) is 6.07 Å². The molecule has 0 heterocycles. The third-order valence-corrected chi connectivity index (χ3v) is 1.85. The summed E-state index contributed by atoms with van der Waals surface area (Å²) >= 11 is 0. The van der Waals surface area contributed by atoms with Crippen molar-refractivity contribution < 1.29 is 14.6 Å². The Hall–Kier alpha value is -1.59. The molecule has 82 valence electrons. The summed E-state index contributed by atoms with van der Waals surface area (Å²) in [6.45, 7) is -0.0824. The highest BCUT2D eigenvalue weighted by Crippen LogP contribution is 2.14. The summed E-state index contributed by atoms with van der Waals surface area (Å²) in [5.74, 6) is 0.380. The van der Waals surface area contributed by atoms with E-state index in [2.05, 4.69) is 0 Å². The quantitative estimate of drug-likeness (QED) is 0.651. The summed E-state index contributed by atoms with van der Waals surface area (Å²) in [7, 11) is 0. The first-order valence-electron chi connectivity index (χ1n) is 4.54. The second-order valence-corrected chi connectivity index (χ2v) is 3.22. The van der Waals surface area contributed by atoms with Gasteiger partial charge in [0.1, 0.15) is 5.75 Å². The number of carbonyl (C=O) groups is 1.